The van der Waals surface area contributed by atoms with Crippen molar-refractivity contribution in [3.8, 4) is 0 Å². The minimum Gasteiger partial charge on any atom is -0.395 e. The maximum atomic E-state index is 9.16. The summed E-state index contributed by atoms with van der Waals surface area (Å²) in [6.45, 7) is 5.23. The Kier molecular flexibility index (Phi) is 8.61. The highest BCUT2D eigenvalue weighted by molar-refractivity contribution is 4.84. The number of unbranched alkanes of at least 4 members (excludes halogenated alkanes) is 1. The maximum Gasteiger partial charge on any atom is 0.0700 e. The van der Waals surface area contributed by atoms with Crippen LogP contribution in [0, 0.1) is 0 Å². The lowest BCUT2D eigenvalue weighted by atomic mass is 10.2. The lowest BCUT2D eigenvalue weighted by Crippen LogP contribution is -2.35. The molecule has 0 aromatic rings. The third-order valence-electron chi connectivity index (χ3n) is 2.89. The Hall–Kier alpha value is -0.160. The zero-order chi connectivity index (χ0) is 12.3. The van der Waals surface area contributed by atoms with E-state index in [2.05, 4.69) is 12.2 Å². The Morgan fingerprint density at radius 3 is 2.47 bits per heavy atom. The number of aliphatic hydroxyl groups is 1. The Labute approximate surface area is 105 Å². The SMILES string of the molecule is CCCCOCCOCCC(CO)NC1CC1. The zero-order valence-electron chi connectivity index (χ0n) is 11.0. The lowest BCUT2D eigenvalue weighted by Gasteiger charge is -2.15. The van der Waals surface area contributed by atoms with Gasteiger partial charge in [0.15, 0.2) is 0 Å². The molecular formula is C13H27NO3. The van der Waals surface area contributed by atoms with Crippen molar-refractivity contribution < 1.29 is 14.6 Å². The van der Waals surface area contributed by atoms with Gasteiger partial charge in [-0.3, -0.25) is 0 Å². The molecule has 1 unspecified atom stereocenters. The van der Waals surface area contributed by atoms with Gasteiger partial charge in [0.05, 0.1) is 19.8 Å². The van der Waals surface area contributed by atoms with Gasteiger partial charge in [-0.15, -0.1) is 0 Å². The Morgan fingerprint density at radius 1 is 1.18 bits per heavy atom. The Balaban J connectivity index is 1.81. The van der Waals surface area contributed by atoms with Crippen LogP contribution in [0.3, 0.4) is 0 Å². The minimum atomic E-state index is 0.198. The van der Waals surface area contributed by atoms with Gasteiger partial charge < -0.3 is 19.9 Å². The molecule has 0 aliphatic heterocycles. The molecule has 2 N–H and O–H groups in total. The number of aliphatic hydroxyl groups excluding tert-OH is 1. The van der Waals surface area contributed by atoms with Crippen LogP contribution in [0.4, 0.5) is 0 Å². The average molecular weight is 245 g/mol. The van der Waals surface area contributed by atoms with Crippen LogP contribution in [0.1, 0.15) is 39.0 Å². The van der Waals surface area contributed by atoms with E-state index < -0.39 is 0 Å². The molecule has 1 atom stereocenters. The molecule has 4 heteroatoms. The van der Waals surface area contributed by atoms with E-state index >= 15 is 0 Å². The molecule has 0 radical (unpaired) electrons. The fourth-order valence-corrected chi connectivity index (χ4v) is 1.60. The highest BCUT2D eigenvalue weighted by atomic mass is 16.5. The molecule has 0 amide bonds. The molecule has 4 nitrogen and oxygen atoms in total. The molecule has 0 aromatic heterocycles. The summed E-state index contributed by atoms with van der Waals surface area (Å²) >= 11 is 0. The van der Waals surface area contributed by atoms with E-state index in [1.807, 2.05) is 0 Å². The standard InChI is InChI=1S/C13H27NO3/c1-2-3-7-16-9-10-17-8-6-13(11-15)14-12-4-5-12/h12-15H,2-11H2,1H3. The van der Waals surface area contributed by atoms with Gasteiger partial charge in [0.2, 0.25) is 0 Å². The molecule has 0 heterocycles. The van der Waals surface area contributed by atoms with Crippen molar-refractivity contribution in [2.45, 2.75) is 51.1 Å². The summed E-state index contributed by atoms with van der Waals surface area (Å²) in [5.74, 6) is 0. The van der Waals surface area contributed by atoms with Crippen molar-refractivity contribution in [3.63, 3.8) is 0 Å². The van der Waals surface area contributed by atoms with Gasteiger partial charge in [-0.1, -0.05) is 13.3 Å². The van der Waals surface area contributed by atoms with E-state index in [0.29, 0.717) is 25.9 Å². The van der Waals surface area contributed by atoms with Crippen LogP contribution in [0.2, 0.25) is 0 Å². The van der Waals surface area contributed by atoms with Crippen molar-refractivity contribution >= 4 is 0 Å². The quantitative estimate of drug-likeness (QED) is 0.509. The van der Waals surface area contributed by atoms with Crippen molar-refractivity contribution in [1.29, 1.82) is 0 Å². The van der Waals surface area contributed by atoms with Gasteiger partial charge >= 0.3 is 0 Å². The topological polar surface area (TPSA) is 50.7 Å². The molecule has 0 saturated heterocycles. The van der Waals surface area contributed by atoms with Crippen molar-refractivity contribution in [2.75, 3.05) is 33.0 Å². The number of rotatable bonds is 12. The second-order valence-corrected chi connectivity index (χ2v) is 4.69. The number of hydrogen-bond acceptors (Lipinski definition) is 4. The fraction of sp³-hybridized carbons (Fsp3) is 1.00. The van der Waals surface area contributed by atoms with Gasteiger partial charge in [-0.05, 0) is 25.7 Å². The predicted octanol–water partition coefficient (Wildman–Crippen LogP) is 1.32. The molecule has 17 heavy (non-hydrogen) atoms. The van der Waals surface area contributed by atoms with E-state index in [1.165, 1.54) is 19.3 Å². The zero-order valence-corrected chi connectivity index (χ0v) is 11.0. The number of ether oxygens (including phenoxy) is 2. The maximum absolute atomic E-state index is 9.16. The number of nitrogens with one attached hydrogen (secondary N) is 1. The molecule has 0 aromatic carbocycles. The first kappa shape index (κ1) is 14.9. The van der Waals surface area contributed by atoms with Crippen LogP contribution >= 0.6 is 0 Å². The molecule has 1 saturated carbocycles. The molecule has 0 spiro atoms. The van der Waals surface area contributed by atoms with E-state index in [4.69, 9.17) is 14.6 Å². The van der Waals surface area contributed by atoms with Gasteiger partial charge in [0.1, 0.15) is 0 Å². The molecule has 1 aliphatic rings. The molecule has 1 rings (SSSR count). The summed E-state index contributed by atoms with van der Waals surface area (Å²) in [6.07, 6.45) is 5.68. The minimum absolute atomic E-state index is 0.198. The second-order valence-electron chi connectivity index (χ2n) is 4.69. The smallest absolute Gasteiger partial charge is 0.0700 e. The number of hydrogen-bond donors (Lipinski definition) is 2. The van der Waals surface area contributed by atoms with Gasteiger partial charge in [-0.2, -0.15) is 0 Å². The Morgan fingerprint density at radius 2 is 1.88 bits per heavy atom. The molecular weight excluding hydrogens is 218 g/mol. The third kappa shape index (κ3) is 8.55. The van der Waals surface area contributed by atoms with Crippen molar-refractivity contribution in [3.05, 3.63) is 0 Å². The average Bonchev–Trinajstić information content (AvgIpc) is 3.15. The van der Waals surface area contributed by atoms with E-state index in [1.54, 1.807) is 0 Å². The summed E-state index contributed by atoms with van der Waals surface area (Å²) in [5, 5.41) is 12.6. The van der Waals surface area contributed by atoms with E-state index in [-0.39, 0.29) is 12.6 Å². The first-order chi connectivity index (χ1) is 8.36. The summed E-state index contributed by atoms with van der Waals surface area (Å²) in [4.78, 5) is 0. The first-order valence-electron chi connectivity index (χ1n) is 6.89. The lowest BCUT2D eigenvalue weighted by molar-refractivity contribution is 0.0412. The van der Waals surface area contributed by atoms with Crippen LogP contribution in [0.25, 0.3) is 0 Å². The van der Waals surface area contributed by atoms with Crippen LogP contribution in [-0.2, 0) is 9.47 Å². The van der Waals surface area contributed by atoms with Crippen molar-refractivity contribution in [1.82, 2.24) is 5.32 Å². The highest BCUT2D eigenvalue weighted by Gasteiger charge is 2.23. The fourth-order valence-electron chi connectivity index (χ4n) is 1.60. The van der Waals surface area contributed by atoms with E-state index in [0.717, 1.165) is 19.4 Å². The van der Waals surface area contributed by atoms with Gasteiger partial charge in [-0.25, -0.2) is 0 Å². The predicted molar refractivity (Wildman–Crippen MR) is 68.2 cm³/mol. The first-order valence-corrected chi connectivity index (χ1v) is 6.89. The van der Waals surface area contributed by atoms with Gasteiger partial charge in [0.25, 0.3) is 0 Å². The molecule has 1 fully saturated rings. The second kappa shape index (κ2) is 9.83. The Bertz CT molecular complexity index is 174. The van der Waals surface area contributed by atoms with Crippen LogP contribution in [0.15, 0.2) is 0 Å². The van der Waals surface area contributed by atoms with Crippen LogP contribution < -0.4 is 5.32 Å². The largest absolute Gasteiger partial charge is 0.395 e. The monoisotopic (exact) mass is 245 g/mol. The van der Waals surface area contributed by atoms with Crippen LogP contribution in [0.5, 0.6) is 0 Å². The summed E-state index contributed by atoms with van der Waals surface area (Å²) < 4.78 is 10.9. The van der Waals surface area contributed by atoms with E-state index in [9.17, 15) is 0 Å². The van der Waals surface area contributed by atoms with Crippen molar-refractivity contribution in [2.24, 2.45) is 0 Å². The third-order valence-corrected chi connectivity index (χ3v) is 2.89. The summed E-state index contributed by atoms with van der Waals surface area (Å²) in [7, 11) is 0. The molecule has 102 valence electrons. The normalized spacial score (nSPS) is 17.3. The highest BCUT2D eigenvalue weighted by Crippen LogP contribution is 2.19. The molecule has 0 bridgehead atoms. The summed E-state index contributed by atoms with van der Waals surface area (Å²) in [6, 6.07) is 0.841. The van der Waals surface area contributed by atoms with Crippen LogP contribution in [-0.4, -0.2) is 50.2 Å². The molecule has 1 aliphatic carbocycles. The summed E-state index contributed by atoms with van der Waals surface area (Å²) in [5.41, 5.74) is 0. The van der Waals surface area contributed by atoms with Gasteiger partial charge in [0, 0.05) is 25.3 Å².